The first-order valence-electron chi connectivity index (χ1n) is 8.75. The lowest BCUT2D eigenvalue weighted by atomic mass is 10.0. The smallest absolute Gasteiger partial charge is 0.337 e. The lowest BCUT2D eigenvalue weighted by Crippen LogP contribution is -2.15. The molecule has 28 heavy (non-hydrogen) atoms. The Bertz CT molecular complexity index is 1250. The number of H-pyrrole nitrogens is 1. The number of aromatic nitrogens is 3. The number of ether oxygens (including phenoxy) is 1. The molecule has 140 valence electrons. The van der Waals surface area contributed by atoms with Gasteiger partial charge in [0.1, 0.15) is 12.0 Å². The number of rotatable bonds is 5. The Morgan fingerprint density at radius 2 is 1.86 bits per heavy atom. The number of hydrogen-bond acceptors (Lipinski definition) is 6. The number of pyridine rings is 1. The Kier molecular flexibility index (Phi) is 4.72. The molecule has 7 nitrogen and oxygen atoms in total. The van der Waals surface area contributed by atoms with Crippen molar-refractivity contribution in [2.24, 2.45) is 0 Å². The van der Waals surface area contributed by atoms with Crippen molar-refractivity contribution in [2.75, 3.05) is 0 Å². The number of benzene rings is 1. The molecule has 0 aliphatic carbocycles. The van der Waals surface area contributed by atoms with Crippen molar-refractivity contribution < 1.29 is 9.15 Å². The second-order valence-corrected chi connectivity index (χ2v) is 6.36. The predicted molar refractivity (Wildman–Crippen MR) is 103 cm³/mol. The second-order valence-electron chi connectivity index (χ2n) is 6.36. The molecule has 0 aliphatic heterocycles. The summed E-state index contributed by atoms with van der Waals surface area (Å²) in [5, 5.41) is 0.240. The molecule has 1 aromatic carbocycles. The molecule has 0 radical (unpaired) electrons. The quantitative estimate of drug-likeness (QED) is 0.576. The average molecular weight is 375 g/mol. The summed E-state index contributed by atoms with van der Waals surface area (Å²) in [5.74, 6) is 0. The first-order valence-corrected chi connectivity index (χ1v) is 8.75. The highest BCUT2D eigenvalue weighted by Gasteiger charge is 2.14. The standard InChI is InChI=1S/C21H17N3O4/c1-13-6-5-9-16(22-13)12-27-21-23-19(26)18-15(10-14-7-3-2-4-8-14)11-17(25)28-20(18)24-21/h2-9,11H,10,12H2,1H3,(H,23,24,26). The van der Waals surface area contributed by atoms with Gasteiger partial charge >= 0.3 is 5.63 Å². The van der Waals surface area contributed by atoms with Gasteiger partial charge in [0, 0.05) is 11.8 Å². The van der Waals surface area contributed by atoms with Crippen molar-refractivity contribution >= 4 is 11.1 Å². The molecule has 7 heteroatoms. The van der Waals surface area contributed by atoms with E-state index in [4.69, 9.17) is 9.15 Å². The summed E-state index contributed by atoms with van der Waals surface area (Å²) >= 11 is 0. The molecule has 3 heterocycles. The average Bonchev–Trinajstić information content (AvgIpc) is 2.66. The van der Waals surface area contributed by atoms with Crippen LogP contribution in [0, 0.1) is 6.92 Å². The summed E-state index contributed by atoms with van der Waals surface area (Å²) in [7, 11) is 0. The van der Waals surface area contributed by atoms with Gasteiger partial charge in [-0.3, -0.25) is 14.8 Å². The van der Waals surface area contributed by atoms with Crippen LogP contribution in [0.3, 0.4) is 0 Å². The maximum absolute atomic E-state index is 12.6. The largest absolute Gasteiger partial charge is 0.458 e. The minimum atomic E-state index is -0.567. The van der Waals surface area contributed by atoms with Crippen LogP contribution in [0.4, 0.5) is 0 Å². The zero-order valence-electron chi connectivity index (χ0n) is 15.1. The molecule has 0 spiro atoms. The molecule has 0 amide bonds. The van der Waals surface area contributed by atoms with Crippen molar-refractivity contribution in [1.29, 1.82) is 0 Å². The minimum Gasteiger partial charge on any atom is -0.458 e. The van der Waals surface area contributed by atoms with Gasteiger partial charge in [-0.25, -0.2) is 4.79 Å². The lowest BCUT2D eigenvalue weighted by Gasteiger charge is -2.08. The fraction of sp³-hybridized carbons (Fsp3) is 0.143. The Hall–Kier alpha value is -3.74. The summed E-state index contributed by atoms with van der Waals surface area (Å²) < 4.78 is 10.7. The van der Waals surface area contributed by atoms with Gasteiger partial charge in [-0.15, -0.1) is 0 Å². The molecule has 3 aromatic heterocycles. The highest BCUT2D eigenvalue weighted by Crippen LogP contribution is 2.17. The summed E-state index contributed by atoms with van der Waals surface area (Å²) in [6, 6.07) is 16.4. The van der Waals surface area contributed by atoms with Gasteiger partial charge in [0.05, 0.1) is 5.69 Å². The molecule has 0 saturated heterocycles. The van der Waals surface area contributed by atoms with E-state index in [2.05, 4.69) is 15.0 Å². The molecular weight excluding hydrogens is 358 g/mol. The number of aromatic amines is 1. The van der Waals surface area contributed by atoms with E-state index in [0.717, 1.165) is 11.3 Å². The van der Waals surface area contributed by atoms with Gasteiger partial charge in [0.25, 0.3) is 11.6 Å². The minimum absolute atomic E-state index is 0.0270. The number of nitrogens with zero attached hydrogens (tertiary/aromatic N) is 2. The van der Waals surface area contributed by atoms with Crippen LogP contribution >= 0.6 is 0 Å². The molecule has 0 aliphatic rings. The van der Waals surface area contributed by atoms with Gasteiger partial charge in [0.2, 0.25) is 5.71 Å². The molecule has 0 bridgehead atoms. The number of hydrogen-bond donors (Lipinski definition) is 1. The van der Waals surface area contributed by atoms with E-state index in [1.165, 1.54) is 6.07 Å². The SMILES string of the molecule is Cc1cccc(COc2nc3oc(=O)cc(Cc4ccccc4)c3c(=O)[nH]2)n1. The van der Waals surface area contributed by atoms with Crippen LogP contribution in [-0.2, 0) is 13.0 Å². The van der Waals surface area contributed by atoms with Crippen molar-refractivity contribution in [3.8, 4) is 6.01 Å². The monoisotopic (exact) mass is 375 g/mol. The van der Waals surface area contributed by atoms with Crippen molar-refractivity contribution in [1.82, 2.24) is 15.0 Å². The van der Waals surface area contributed by atoms with Crippen LogP contribution < -0.4 is 15.9 Å². The first-order chi connectivity index (χ1) is 13.6. The summed E-state index contributed by atoms with van der Waals surface area (Å²) in [5.41, 5.74) is 2.04. The van der Waals surface area contributed by atoms with Gasteiger partial charge in [-0.1, -0.05) is 36.4 Å². The van der Waals surface area contributed by atoms with Crippen molar-refractivity contribution in [3.63, 3.8) is 0 Å². The Morgan fingerprint density at radius 1 is 1.04 bits per heavy atom. The molecule has 0 atom stereocenters. The van der Waals surface area contributed by atoms with Crippen LogP contribution in [0.2, 0.25) is 0 Å². The lowest BCUT2D eigenvalue weighted by molar-refractivity contribution is 0.275. The van der Waals surface area contributed by atoms with E-state index in [9.17, 15) is 9.59 Å². The third-order valence-corrected chi connectivity index (χ3v) is 4.22. The van der Waals surface area contributed by atoms with Gasteiger partial charge < -0.3 is 9.15 Å². The topological polar surface area (TPSA) is 98.1 Å². The zero-order chi connectivity index (χ0) is 19.5. The van der Waals surface area contributed by atoms with Gasteiger partial charge in [-0.2, -0.15) is 4.98 Å². The zero-order valence-corrected chi connectivity index (χ0v) is 15.1. The highest BCUT2D eigenvalue weighted by atomic mass is 16.5. The fourth-order valence-corrected chi connectivity index (χ4v) is 2.97. The molecule has 1 N–H and O–H groups in total. The first kappa shape index (κ1) is 17.7. The molecule has 0 saturated carbocycles. The van der Waals surface area contributed by atoms with Crippen LogP contribution in [0.15, 0.2) is 68.6 Å². The third kappa shape index (κ3) is 3.83. The van der Waals surface area contributed by atoms with Gasteiger partial charge in [-0.05, 0) is 36.6 Å². The van der Waals surface area contributed by atoms with Crippen LogP contribution in [0.5, 0.6) is 6.01 Å². The summed E-state index contributed by atoms with van der Waals surface area (Å²) in [4.78, 5) is 35.7. The second kappa shape index (κ2) is 7.48. The Morgan fingerprint density at radius 3 is 2.64 bits per heavy atom. The predicted octanol–water partition coefficient (Wildman–Crippen LogP) is 2.75. The van der Waals surface area contributed by atoms with Crippen LogP contribution in [0.25, 0.3) is 11.1 Å². The van der Waals surface area contributed by atoms with Crippen molar-refractivity contribution in [3.05, 3.63) is 97.9 Å². The Balaban J connectivity index is 1.68. The summed E-state index contributed by atoms with van der Waals surface area (Å²) in [6.07, 6.45) is 0.418. The molecular formula is C21H17N3O4. The maximum atomic E-state index is 12.6. The Labute approximate surface area is 159 Å². The van der Waals surface area contributed by atoms with E-state index in [0.29, 0.717) is 17.7 Å². The fourth-order valence-electron chi connectivity index (χ4n) is 2.97. The third-order valence-electron chi connectivity index (χ3n) is 4.22. The van der Waals surface area contributed by atoms with Crippen LogP contribution in [-0.4, -0.2) is 15.0 Å². The van der Waals surface area contributed by atoms with E-state index in [-0.39, 0.29) is 23.7 Å². The van der Waals surface area contributed by atoms with E-state index in [1.54, 1.807) is 0 Å². The number of aryl methyl sites for hydroxylation is 1. The molecule has 4 aromatic rings. The molecule has 4 rings (SSSR count). The normalized spacial score (nSPS) is 10.9. The molecule has 0 unspecified atom stereocenters. The van der Waals surface area contributed by atoms with E-state index in [1.807, 2.05) is 55.5 Å². The van der Waals surface area contributed by atoms with Crippen LogP contribution in [0.1, 0.15) is 22.5 Å². The molecule has 0 fully saturated rings. The summed E-state index contributed by atoms with van der Waals surface area (Å²) in [6.45, 7) is 2.01. The number of nitrogens with one attached hydrogen (secondary N) is 1. The van der Waals surface area contributed by atoms with E-state index < -0.39 is 11.2 Å². The van der Waals surface area contributed by atoms with Gasteiger partial charge in [0.15, 0.2) is 0 Å². The van der Waals surface area contributed by atoms with Crippen molar-refractivity contribution in [2.45, 2.75) is 20.0 Å². The number of fused-ring (bicyclic) bond motifs is 1. The maximum Gasteiger partial charge on any atom is 0.337 e. The van der Waals surface area contributed by atoms with E-state index >= 15 is 0 Å². The highest BCUT2D eigenvalue weighted by molar-refractivity contribution is 5.76.